The van der Waals surface area contributed by atoms with E-state index in [0.717, 1.165) is 24.2 Å². The molecular formula is C56H76N4O10. The van der Waals surface area contributed by atoms with E-state index in [-0.39, 0.29) is 37.3 Å². The second-order valence-electron chi connectivity index (χ2n) is 19.5. The summed E-state index contributed by atoms with van der Waals surface area (Å²) in [4.78, 5) is 67.4. The van der Waals surface area contributed by atoms with Crippen LogP contribution in [0, 0.1) is 0 Å². The van der Waals surface area contributed by atoms with Gasteiger partial charge in [-0.1, -0.05) is 121 Å². The number of aliphatic hydroxyl groups is 1. The molecule has 1 unspecified atom stereocenters. The smallest absolute Gasteiger partial charge is 0.410 e. The van der Waals surface area contributed by atoms with Crippen LogP contribution in [0.5, 0.6) is 0 Å². The molecule has 0 spiro atoms. The summed E-state index contributed by atoms with van der Waals surface area (Å²) in [6, 6.07) is 39.2. The highest BCUT2D eigenvalue weighted by Crippen LogP contribution is 2.33. The molecule has 4 aromatic rings. The molecular weight excluding hydrogens is 889 g/mol. The van der Waals surface area contributed by atoms with Gasteiger partial charge in [-0.25, -0.2) is 9.59 Å². The van der Waals surface area contributed by atoms with Crippen LogP contribution in [-0.2, 0) is 59.5 Å². The van der Waals surface area contributed by atoms with Crippen LogP contribution in [0.3, 0.4) is 0 Å². The van der Waals surface area contributed by atoms with Crippen molar-refractivity contribution < 1.29 is 48.0 Å². The lowest BCUT2D eigenvalue weighted by molar-refractivity contribution is -0.167. The Morgan fingerprint density at radius 2 is 0.929 bits per heavy atom. The maximum Gasteiger partial charge on any atom is 0.410 e. The molecule has 0 aliphatic carbocycles. The van der Waals surface area contributed by atoms with E-state index >= 15 is 0 Å². The third kappa shape index (κ3) is 20.5. The van der Waals surface area contributed by atoms with Crippen molar-refractivity contribution in [2.24, 2.45) is 0 Å². The number of hydrogen-bond donors (Lipinski definition) is 1. The van der Waals surface area contributed by atoms with Crippen molar-refractivity contribution in [3.63, 3.8) is 0 Å². The van der Waals surface area contributed by atoms with Gasteiger partial charge in [-0.15, -0.1) is 0 Å². The van der Waals surface area contributed by atoms with Crippen molar-refractivity contribution in [3.8, 4) is 0 Å². The minimum absolute atomic E-state index is 0.177. The number of ketones is 1. The molecule has 4 aromatic carbocycles. The quantitative estimate of drug-likeness (QED) is 0.0892. The average Bonchev–Trinajstić information content (AvgIpc) is 3.30. The lowest BCUT2D eigenvalue weighted by Gasteiger charge is -2.45. The van der Waals surface area contributed by atoms with Crippen LogP contribution in [0.15, 0.2) is 121 Å². The van der Waals surface area contributed by atoms with Gasteiger partial charge in [0.2, 0.25) is 0 Å². The second kappa shape index (κ2) is 27.9. The topological polar surface area (TPSA) is 155 Å². The van der Waals surface area contributed by atoms with Crippen LogP contribution in [0.25, 0.3) is 0 Å². The Balaban J connectivity index is 0.000000256. The number of piperidine rings is 2. The number of Topliss-reactive ketones (excluding diaryl/α,β-unsaturated/α-hetero) is 1. The molecule has 6 rings (SSSR count). The molecule has 2 fully saturated rings. The van der Waals surface area contributed by atoms with Crippen molar-refractivity contribution in [3.05, 3.63) is 144 Å². The molecule has 14 heteroatoms. The predicted molar refractivity (Wildman–Crippen MR) is 270 cm³/mol. The Morgan fingerprint density at radius 3 is 1.29 bits per heavy atom. The summed E-state index contributed by atoms with van der Waals surface area (Å²) in [5, 5.41) is 11.9. The summed E-state index contributed by atoms with van der Waals surface area (Å²) in [7, 11) is 0. The van der Waals surface area contributed by atoms with Gasteiger partial charge >= 0.3 is 24.1 Å². The van der Waals surface area contributed by atoms with E-state index in [1.54, 1.807) is 16.7 Å². The predicted octanol–water partition coefficient (Wildman–Crippen LogP) is 9.22. The number of esters is 2. The standard InChI is InChI=1S/C28H38N2O5.C18H21NO2.C10H17NO3/c1-5-34-25(31)24(28(33)16-18-29(19-17-28)26(32)35-27(2,3)4)30(20-22-12-8-6-9-13-22)21-23-14-10-7-11-15-23;1-2-21-18(20)15-19(13-16-9-5-3-6-10-16)14-17-11-7-4-8-12-17;1-10(2,3)14-9(13)11-6-4-8(12)5-7-11/h6-15,24,33H,5,16-21H2,1-4H3;3-12H,2,13-15H2,1H3;4-7H2,1-3H3. The van der Waals surface area contributed by atoms with E-state index in [4.69, 9.17) is 18.9 Å². The van der Waals surface area contributed by atoms with Crippen molar-refractivity contribution in [1.82, 2.24) is 19.6 Å². The molecule has 0 aromatic heterocycles. The minimum Gasteiger partial charge on any atom is -0.465 e. The fourth-order valence-corrected chi connectivity index (χ4v) is 7.99. The number of likely N-dealkylation sites (tertiary alicyclic amines) is 2. The lowest BCUT2D eigenvalue weighted by atomic mass is 9.82. The van der Waals surface area contributed by atoms with Crippen LogP contribution in [0.2, 0.25) is 0 Å². The monoisotopic (exact) mass is 965 g/mol. The van der Waals surface area contributed by atoms with Crippen LogP contribution >= 0.6 is 0 Å². The van der Waals surface area contributed by atoms with Crippen LogP contribution in [0.4, 0.5) is 9.59 Å². The van der Waals surface area contributed by atoms with E-state index < -0.39 is 34.9 Å². The Bertz CT molecular complexity index is 2100. The average molecular weight is 965 g/mol. The highest BCUT2D eigenvalue weighted by atomic mass is 16.6. The summed E-state index contributed by atoms with van der Waals surface area (Å²) in [5.74, 6) is -0.401. The molecule has 1 atom stereocenters. The normalized spacial score (nSPS) is 15.1. The molecule has 0 saturated carbocycles. The van der Waals surface area contributed by atoms with Crippen molar-refractivity contribution in [2.45, 2.75) is 130 Å². The van der Waals surface area contributed by atoms with E-state index in [1.165, 1.54) is 11.1 Å². The molecule has 14 nitrogen and oxygen atoms in total. The third-order valence-corrected chi connectivity index (χ3v) is 11.3. The summed E-state index contributed by atoms with van der Waals surface area (Å²) >= 11 is 0. The summed E-state index contributed by atoms with van der Waals surface area (Å²) in [5.41, 5.74) is 2.04. The molecule has 70 heavy (non-hydrogen) atoms. The molecule has 2 aliphatic heterocycles. The minimum atomic E-state index is -1.35. The first-order valence-electron chi connectivity index (χ1n) is 24.4. The lowest BCUT2D eigenvalue weighted by Crippen LogP contribution is -2.61. The third-order valence-electron chi connectivity index (χ3n) is 11.3. The zero-order valence-corrected chi connectivity index (χ0v) is 42.6. The number of carbonyl (C=O) groups excluding carboxylic acids is 5. The number of benzene rings is 4. The van der Waals surface area contributed by atoms with E-state index in [2.05, 4.69) is 29.2 Å². The first kappa shape index (κ1) is 56.5. The molecule has 0 bridgehead atoms. The SMILES string of the molecule is CC(C)(C)OC(=O)N1CCC(=O)CC1.CCOC(=O)C(N(Cc1ccccc1)Cc1ccccc1)C1(O)CCN(C(=O)OC(C)(C)C)CC1.CCOC(=O)CN(Cc1ccccc1)Cc1ccccc1. The fraction of sp³-hybridized carbons (Fsp3) is 0.482. The number of rotatable bonds is 15. The number of amides is 2. The molecule has 0 radical (unpaired) electrons. The first-order valence-corrected chi connectivity index (χ1v) is 24.4. The molecule has 380 valence electrons. The highest BCUT2D eigenvalue weighted by molar-refractivity contribution is 5.81. The number of carbonyl (C=O) groups is 5. The Kier molecular flexibility index (Phi) is 22.5. The first-order chi connectivity index (χ1) is 33.3. The van der Waals surface area contributed by atoms with E-state index in [0.29, 0.717) is 65.3 Å². The van der Waals surface area contributed by atoms with Gasteiger partial charge in [0, 0.05) is 65.2 Å². The zero-order valence-electron chi connectivity index (χ0n) is 42.6. The van der Waals surface area contributed by atoms with Gasteiger partial charge in [0.15, 0.2) is 0 Å². The van der Waals surface area contributed by atoms with Crippen molar-refractivity contribution in [2.75, 3.05) is 45.9 Å². The van der Waals surface area contributed by atoms with Crippen LogP contribution in [0.1, 0.15) is 103 Å². The maximum atomic E-state index is 13.3. The maximum absolute atomic E-state index is 13.3. The largest absolute Gasteiger partial charge is 0.465 e. The Morgan fingerprint density at radius 1 is 0.571 bits per heavy atom. The highest BCUT2D eigenvalue weighted by Gasteiger charge is 2.48. The fourth-order valence-electron chi connectivity index (χ4n) is 7.99. The van der Waals surface area contributed by atoms with E-state index in [9.17, 15) is 29.1 Å². The number of hydrogen-bond acceptors (Lipinski definition) is 12. The molecule has 2 saturated heterocycles. The van der Waals surface area contributed by atoms with E-state index in [1.807, 2.05) is 150 Å². The number of ether oxygens (including phenoxy) is 4. The Hall–Kier alpha value is -6.09. The summed E-state index contributed by atoms with van der Waals surface area (Å²) in [6.45, 7) is 19.5. The van der Waals surface area contributed by atoms with Gasteiger partial charge in [0.25, 0.3) is 0 Å². The number of nitrogens with zero attached hydrogens (tertiary/aromatic N) is 4. The Labute approximate surface area is 415 Å². The van der Waals surface area contributed by atoms with Gasteiger partial charge in [-0.05, 0) is 90.5 Å². The van der Waals surface area contributed by atoms with Crippen molar-refractivity contribution >= 4 is 29.9 Å². The van der Waals surface area contributed by atoms with Gasteiger partial charge < -0.3 is 33.9 Å². The van der Waals surface area contributed by atoms with Crippen LogP contribution in [-0.4, -0.2) is 123 Å². The van der Waals surface area contributed by atoms with Crippen molar-refractivity contribution in [1.29, 1.82) is 0 Å². The van der Waals surface area contributed by atoms with Gasteiger partial charge in [-0.3, -0.25) is 24.2 Å². The molecule has 2 aliphatic rings. The zero-order chi connectivity index (χ0) is 51.2. The van der Waals surface area contributed by atoms with Gasteiger partial charge in [0.1, 0.15) is 23.0 Å². The summed E-state index contributed by atoms with van der Waals surface area (Å²) in [6.07, 6.45) is 0.687. The van der Waals surface area contributed by atoms with Gasteiger partial charge in [-0.2, -0.15) is 0 Å². The molecule has 2 heterocycles. The molecule has 2 amide bonds. The van der Waals surface area contributed by atoms with Gasteiger partial charge in [0.05, 0.1) is 25.4 Å². The second-order valence-corrected chi connectivity index (χ2v) is 19.5. The molecule has 1 N–H and O–H groups in total. The summed E-state index contributed by atoms with van der Waals surface area (Å²) < 4.78 is 21.2. The van der Waals surface area contributed by atoms with Crippen LogP contribution < -0.4 is 0 Å².